The Balaban J connectivity index is 2.07. The normalized spacial score (nSPS) is 26.2. The van der Waals surface area contributed by atoms with Crippen molar-refractivity contribution in [2.24, 2.45) is 0 Å². The number of hydrogen-bond donors (Lipinski definition) is 0. The molecule has 0 aliphatic carbocycles. The highest BCUT2D eigenvalue weighted by molar-refractivity contribution is 8.19. The average Bonchev–Trinajstić information content (AvgIpc) is 2.03. The Morgan fingerprint density at radius 2 is 2.50 bits per heavy atom. The lowest BCUT2D eigenvalue weighted by Gasteiger charge is -2.19. The highest BCUT2D eigenvalue weighted by Crippen LogP contribution is 2.31. The monoisotopic (exact) mass is 192 g/mol. The first-order valence-electron chi connectivity index (χ1n) is 3.35. The van der Waals surface area contributed by atoms with E-state index in [0.29, 0.717) is 0 Å². The summed E-state index contributed by atoms with van der Waals surface area (Å²) in [5.74, 6) is 5.11. The van der Waals surface area contributed by atoms with E-state index in [1.165, 1.54) is 17.3 Å². The fourth-order valence-corrected chi connectivity index (χ4v) is 4.82. The first-order valence-corrected chi connectivity index (χ1v) is 6.60. The lowest BCUT2D eigenvalue weighted by atomic mass is 10.8. The van der Waals surface area contributed by atoms with Crippen molar-refractivity contribution in [3.8, 4) is 0 Å². The van der Waals surface area contributed by atoms with Crippen LogP contribution in [0.15, 0.2) is 12.7 Å². The van der Waals surface area contributed by atoms with Crippen molar-refractivity contribution in [1.82, 2.24) is 0 Å². The molecule has 0 aromatic rings. The minimum Gasteiger partial charge on any atom is -0.159 e. The molecule has 0 spiro atoms. The molecule has 1 unspecified atom stereocenters. The number of hydrogen-bond acceptors (Lipinski definition) is 3. The molecule has 3 heteroatoms. The van der Waals surface area contributed by atoms with Gasteiger partial charge in [-0.2, -0.15) is 11.8 Å². The van der Waals surface area contributed by atoms with Gasteiger partial charge in [-0.1, -0.05) is 6.08 Å². The Labute approximate surface area is 75.6 Å². The molecule has 1 rings (SSSR count). The van der Waals surface area contributed by atoms with Crippen molar-refractivity contribution in [3.63, 3.8) is 0 Å². The van der Waals surface area contributed by atoms with Gasteiger partial charge in [-0.15, -0.1) is 30.1 Å². The zero-order valence-corrected chi connectivity index (χ0v) is 8.36. The van der Waals surface area contributed by atoms with Gasteiger partial charge >= 0.3 is 0 Å². The van der Waals surface area contributed by atoms with Gasteiger partial charge in [0.25, 0.3) is 0 Å². The third-order valence-electron chi connectivity index (χ3n) is 1.19. The van der Waals surface area contributed by atoms with Crippen molar-refractivity contribution in [2.75, 3.05) is 23.0 Å². The molecule has 1 saturated heterocycles. The van der Waals surface area contributed by atoms with E-state index >= 15 is 0 Å². The van der Waals surface area contributed by atoms with E-state index in [2.05, 4.69) is 30.1 Å². The SMILES string of the molecule is C=CCSC1CSCCS1. The van der Waals surface area contributed by atoms with Gasteiger partial charge in [-0.25, -0.2) is 0 Å². The smallest absolute Gasteiger partial charge is 0.0596 e. The minimum absolute atomic E-state index is 0.830. The Morgan fingerprint density at radius 3 is 3.10 bits per heavy atom. The Morgan fingerprint density at radius 1 is 1.60 bits per heavy atom. The van der Waals surface area contributed by atoms with Gasteiger partial charge in [0.05, 0.1) is 4.58 Å². The molecule has 1 aliphatic rings. The van der Waals surface area contributed by atoms with Crippen molar-refractivity contribution >= 4 is 35.3 Å². The highest BCUT2D eigenvalue weighted by Gasteiger charge is 2.12. The van der Waals surface area contributed by atoms with Crippen molar-refractivity contribution in [2.45, 2.75) is 4.58 Å². The van der Waals surface area contributed by atoms with Gasteiger partial charge in [-0.3, -0.25) is 0 Å². The van der Waals surface area contributed by atoms with E-state index < -0.39 is 0 Å². The van der Waals surface area contributed by atoms with E-state index in [-0.39, 0.29) is 0 Å². The average molecular weight is 192 g/mol. The van der Waals surface area contributed by atoms with Gasteiger partial charge in [0.2, 0.25) is 0 Å². The van der Waals surface area contributed by atoms with Crippen LogP contribution >= 0.6 is 35.3 Å². The van der Waals surface area contributed by atoms with E-state index in [9.17, 15) is 0 Å². The molecule has 1 fully saturated rings. The van der Waals surface area contributed by atoms with Crippen molar-refractivity contribution < 1.29 is 0 Å². The Hall–Kier alpha value is 0.790. The maximum Gasteiger partial charge on any atom is 0.0596 e. The fraction of sp³-hybridized carbons (Fsp3) is 0.714. The van der Waals surface area contributed by atoms with Gasteiger partial charge in [0.15, 0.2) is 0 Å². The van der Waals surface area contributed by atoms with E-state index in [4.69, 9.17) is 0 Å². The van der Waals surface area contributed by atoms with Crippen LogP contribution < -0.4 is 0 Å². The zero-order chi connectivity index (χ0) is 7.23. The molecular formula is C7H12S3. The van der Waals surface area contributed by atoms with Crippen LogP contribution in [0.5, 0.6) is 0 Å². The van der Waals surface area contributed by atoms with Crippen LogP contribution in [0.4, 0.5) is 0 Å². The van der Waals surface area contributed by atoms with Crippen LogP contribution in [0.2, 0.25) is 0 Å². The molecule has 0 nitrogen and oxygen atoms in total. The van der Waals surface area contributed by atoms with Gasteiger partial charge in [-0.05, 0) is 0 Å². The van der Waals surface area contributed by atoms with Crippen LogP contribution in [-0.4, -0.2) is 27.6 Å². The van der Waals surface area contributed by atoms with Crippen LogP contribution in [0.3, 0.4) is 0 Å². The predicted octanol–water partition coefficient (Wildman–Crippen LogP) is 2.71. The van der Waals surface area contributed by atoms with Crippen LogP contribution in [0.25, 0.3) is 0 Å². The standard InChI is InChI=1S/C7H12S3/c1-2-3-9-7-6-8-4-5-10-7/h2,7H,1,3-6H2. The summed E-state index contributed by atoms with van der Waals surface area (Å²) in [4.78, 5) is 0. The third kappa shape index (κ3) is 3.26. The molecule has 58 valence electrons. The molecule has 1 atom stereocenters. The van der Waals surface area contributed by atoms with Gasteiger partial charge < -0.3 is 0 Å². The summed E-state index contributed by atoms with van der Waals surface area (Å²) in [5, 5.41) is 0. The highest BCUT2D eigenvalue weighted by atomic mass is 32.2. The molecule has 0 N–H and O–H groups in total. The first kappa shape index (κ1) is 8.88. The molecule has 10 heavy (non-hydrogen) atoms. The predicted molar refractivity (Wildman–Crippen MR) is 56.2 cm³/mol. The second-order valence-electron chi connectivity index (χ2n) is 2.00. The Bertz CT molecular complexity index is 97.0. The molecule has 0 aromatic heterocycles. The molecule has 0 saturated carbocycles. The van der Waals surface area contributed by atoms with Crippen LogP contribution in [0, 0.1) is 0 Å². The molecular weight excluding hydrogens is 180 g/mol. The number of thioether (sulfide) groups is 3. The Kier molecular flexibility index (Phi) is 4.83. The third-order valence-corrected chi connectivity index (χ3v) is 5.69. The topological polar surface area (TPSA) is 0 Å². The summed E-state index contributed by atoms with van der Waals surface area (Å²) in [6.45, 7) is 3.71. The van der Waals surface area contributed by atoms with Gasteiger partial charge in [0.1, 0.15) is 0 Å². The molecule has 1 heterocycles. The van der Waals surface area contributed by atoms with E-state index in [1.807, 2.05) is 17.8 Å². The van der Waals surface area contributed by atoms with Crippen molar-refractivity contribution in [1.29, 1.82) is 0 Å². The second-order valence-corrected chi connectivity index (χ2v) is 5.99. The molecule has 0 aromatic carbocycles. The van der Waals surface area contributed by atoms with Crippen molar-refractivity contribution in [3.05, 3.63) is 12.7 Å². The largest absolute Gasteiger partial charge is 0.159 e. The maximum absolute atomic E-state index is 3.71. The second kappa shape index (κ2) is 5.44. The summed E-state index contributed by atoms with van der Waals surface area (Å²) >= 11 is 6.20. The molecule has 1 aliphatic heterocycles. The summed E-state index contributed by atoms with van der Waals surface area (Å²) in [6, 6.07) is 0. The minimum atomic E-state index is 0.830. The quantitative estimate of drug-likeness (QED) is 0.631. The van der Waals surface area contributed by atoms with E-state index in [1.54, 1.807) is 0 Å². The zero-order valence-electron chi connectivity index (χ0n) is 5.91. The fourth-order valence-electron chi connectivity index (χ4n) is 0.738. The first-order chi connectivity index (χ1) is 4.93. The summed E-state index contributed by atoms with van der Waals surface area (Å²) < 4.78 is 0.830. The van der Waals surface area contributed by atoms with Crippen LogP contribution in [-0.2, 0) is 0 Å². The summed E-state index contributed by atoms with van der Waals surface area (Å²) in [5.41, 5.74) is 0. The molecule has 0 bridgehead atoms. The lowest BCUT2D eigenvalue weighted by Crippen LogP contribution is -2.09. The van der Waals surface area contributed by atoms with E-state index in [0.717, 1.165) is 10.3 Å². The maximum atomic E-state index is 3.71. The van der Waals surface area contributed by atoms with Gasteiger partial charge in [0, 0.05) is 23.0 Å². The lowest BCUT2D eigenvalue weighted by molar-refractivity contribution is 1.36. The summed E-state index contributed by atoms with van der Waals surface area (Å²) in [6.07, 6.45) is 1.99. The summed E-state index contributed by atoms with van der Waals surface area (Å²) in [7, 11) is 0. The number of rotatable bonds is 3. The molecule has 0 amide bonds. The van der Waals surface area contributed by atoms with Crippen LogP contribution in [0.1, 0.15) is 0 Å². The molecule has 0 radical (unpaired) electrons.